The highest BCUT2D eigenvalue weighted by Crippen LogP contribution is 1.83. The van der Waals surface area contributed by atoms with Crippen LogP contribution in [0.25, 0.3) is 0 Å². The van der Waals surface area contributed by atoms with Gasteiger partial charge in [-0.2, -0.15) is 0 Å². The number of hydrogen-bond acceptors (Lipinski definition) is 4. The number of rotatable bonds is 5. The Bertz CT molecular complexity index is 133. The van der Waals surface area contributed by atoms with E-state index in [-0.39, 0.29) is 13.2 Å². The topological polar surface area (TPSA) is 69.4 Å². The third-order valence-corrected chi connectivity index (χ3v) is 2.33. The van der Waals surface area contributed by atoms with Gasteiger partial charge in [0.25, 0.3) is 0 Å². The molecule has 0 fully saturated rings. The zero-order valence-corrected chi connectivity index (χ0v) is 7.36. The van der Waals surface area contributed by atoms with E-state index in [4.69, 9.17) is 5.73 Å². The molecule has 5 heteroatoms. The maximum atomic E-state index is 10.8. The van der Waals surface area contributed by atoms with E-state index in [0.29, 0.717) is 11.5 Å². The SMILES string of the molecule is CCS(=O)CCOC(=O)CN. The van der Waals surface area contributed by atoms with Crippen molar-refractivity contribution in [2.24, 2.45) is 5.73 Å². The molecule has 0 aliphatic carbocycles. The van der Waals surface area contributed by atoms with E-state index in [1.807, 2.05) is 6.92 Å². The van der Waals surface area contributed by atoms with Gasteiger partial charge in [-0.15, -0.1) is 0 Å². The third-order valence-electron chi connectivity index (χ3n) is 1.06. The molecule has 1 atom stereocenters. The van der Waals surface area contributed by atoms with Gasteiger partial charge in [0.15, 0.2) is 0 Å². The molecular formula is C6H13NO3S. The first-order valence-electron chi connectivity index (χ1n) is 3.41. The molecule has 0 heterocycles. The van der Waals surface area contributed by atoms with Gasteiger partial charge in [-0.1, -0.05) is 6.92 Å². The van der Waals surface area contributed by atoms with Crippen LogP contribution >= 0.6 is 0 Å². The van der Waals surface area contributed by atoms with E-state index in [1.165, 1.54) is 0 Å². The largest absolute Gasteiger partial charge is 0.464 e. The first-order valence-corrected chi connectivity index (χ1v) is 4.90. The Hall–Kier alpha value is -0.420. The van der Waals surface area contributed by atoms with Crippen molar-refractivity contribution in [3.8, 4) is 0 Å². The maximum absolute atomic E-state index is 10.8. The molecule has 0 aromatic carbocycles. The normalized spacial score (nSPS) is 12.5. The summed E-state index contributed by atoms with van der Waals surface area (Å²) in [6, 6.07) is 0. The van der Waals surface area contributed by atoms with Crippen LogP contribution in [0.3, 0.4) is 0 Å². The molecule has 11 heavy (non-hydrogen) atoms. The Morgan fingerprint density at radius 1 is 1.64 bits per heavy atom. The first-order chi connectivity index (χ1) is 5.20. The summed E-state index contributed by atoms with van der Waals surface area (Å²) in [5.74, 6) is 0.556. The fourth-order valence-corrected chi connectivity index (χ4v) is 1.01. The standard InChI is InChI=1S/C6H13NO3S/c1-2-11(9)4-3-10-6(8)5-7/h2-5,7H2,1H3. The average Bonchev–Trinajstić information content (AvgIpc) is 2.04. The molecule has 0 bridgehead atoms. The molecule has 0 radical (unpaired) electrons. The van der Waals surface area contributed by atoms with E-state index < -0.39 is 16.8 Å². The van der Waals surface area contributed by atoms with Crippen molar-refractivity contribution < 1.29 is 13.7 Å². The second-order valence-corrected chi connectivity index (χ2v) is 3.72. The number of nitrogens with two attached hydrogens (primary N) is 1. The average molecular weight is 179 g/mol. The summed E-state index contributed by atoms with van der Waals surface area (Å²) in [5, 5.41) is 0. The van der Waals surface area contributed by atoms with E-state index >= 15 is 0 Å². The van der Waals surface area contributed by atoms with Crippen LogP contribution in [-0.4, -0.2) is 34.8 Å². The van der Waals surface area contributed by atoms with Crippen LogP contribution in [0.2, 0.25) is 0 Å². The van der Waals surface area contributed by atoms with Gasteiger partial charge in [-0.05, 0) is 0 Å². The third kappa shape index (κ3) is 6.00. The Kier molecular flexibility index (Phi) is 6.06. The van der Waals surface area contributed by atoms with Gasteiger partial charge in [0.2, 0.25) is 0 Å². The molecule has 66 valence electrons. The van der Waals surface area contributed by atoms with Gasteiger partial charge in [0.05, 0.1) is 12.3 Å². The van der Waals surface area contributed by atoms with E-state index in [2.05, 4.69) is 4.74 Å². The first kappa shape index (κ1) is 10.6. The lowest BCUT2D eigenvalue weighted by molar-refractivity contribution is -0.141. The summed E-state index contributed by atoms with van der Waals surface area (Å²) in [6.45, 7) is 1.91. The molecule has 0 aromatic heterocycles. The molecular weight excluding hydrogens is 166 g/mol. The molecule has 0 aliphatic rings. The molecule has 0 rings (SSSR count). The van der Waals surface area contributed by atoms with Crippen LogP contribution in [0, 0.1) is 0 Å². The van der Waals surface area contributed by atoms with Crippen LogP contribution < -0.4 is 5.73 Å². The zero-order chi connectivity index (χ0) is 8.69. The molecule has 2 N–H and O–H groups in total. The summed E-state index contributed by atoms with van der Waals surface area (Å²) >= 11 is 0. The predicted octanol–water partition coefficient (Wildman–Crippen LogP) is -0.743. The van der Waals surface area contributed by atoms with Gasteiger partial charge in [0, 0.05) is 16.6 Å². The van der Waals surface area contributed by atoms with E-state index in [0.717, 1.165) is 0 Å². The van der Waals surface area contributed by atoms with Gasteiger partial charge >= 0.3 is 5.97 Å². The summed E-state index contributed by atoms with van der Waals surface area (Å²) in [6.07, 6.45) is 0. The van der Waals surface area contributed by atoms with Crippen LogP contribution in [0.1, 0.15) is 6.92 Å². The van der Waals surface area contributed by atoms with Crippen molar-refractivity contribution in [2.45, 2.75) is 6.92 Å². The molecule has 4 nitrogen and oxygen atoms in total. The molecule has 0 aliphatic heterocycles. The summed E-state index contributed by atoms with van der Waals surface area (Å²) in [5.41, 5.74) is 4.97. The summed E-state index contributed by atoms with van der Waals surface area (Å²) < 4.78 is 15.4. The second kappa shape index (κ2) is 6.30. The monoisotopic (exact) mass is 179 g/mol. The van der Waals surface area contributed by atoms with Gasteiger partial charge in [-0.3, -0.25) is 9.00 Å². The second-order valence-electron chi connectivity index (χ2n) is 1.86. The molecule has 0 saturated heterocycles. The lowest BCUT2D eigenvalue weighted by atomic mass is 10.7. The Morgan fingerprint density at radius 3 is 2.73 bits per heavy atom. The van der Waals surface area contributed by atoms with Gasteiger partial charge in [0.1, 0.15) is 6.61 Å². The lowest BCUT2D eigenvalue weighted by Gasteiger charge is -2.00. The number of hydrogen-bond donors (Lipinski definition) is 1. The summed E-state index contributed by atoms with van der Waals surface area (Å²) in [4.78, 5) is 10.4. The van der Waals surface area contributed by atoms with Crippen molar-refractivity contribution in [1.29, 1.82) is 0 Å². The lowest BCUT2D eigenvalue weighted by Crippen LogP contribution is -2.19. The van der Waals surface area contributed by atoms with Crippen LogP contribution in [-0.2, 0) is 20.3 Å². The minimum atomic E-state index is -0.863. The highest BCUT2D eigenvalue weighted by Gasteiger charge is 1.99. The number of carbonyl (C=O) groups is 1. The van der Waals surface area contributed by atoms with E-state index in [1.54, 1.807) is 0 Å². The van der Waals surface area contributed by atoms with Crippen molar-refractivity contribution in [3.05, 3.63) is 0 Å². The molecule has 1 unspecified atom stereocenters. The molecule has 0 amide bonds. The number of carbonyl (C=O) groups excluding carboxylic acids is 1. The van der Waals surface area contributed by atoms with Gasteiger partial charge in [-0.25, -0.2) is 0 Å². The minimum absolute atomic E-state index is 0.112. The molecule has 0 saturated carbocycles. The fraction of sp³-hybridized carbons (Fsp3) is 0.833. The van der Waals surface area contributed by atoms with Crippen LogP contribution in [0.15, 0.2) is 0 Å². The van der Waals surface area contributed by atoms with Crippen LogP contribution in [0.4, 0.5) is 0 Å². The fourth-order valence-electron chi connectivity index (χ4n) is 0.452. The highest BCUT2D eigenvalue weighted by molar-refractivity contribution is 7.84. The quantitative estimate of drug-likeness (QED) is 0.564. The number of esters is 1. The minimum Gasteiger partial charge on any atom is -0.464 e. The Labute approximate surface area is 68.6 Å². The molecule has 0 spiro atoms. The van der Waals surface area contributed by atoms with Crippen molar-refractivity contribution in [3.63, 3.8) is 0 Å². The maximum Gasteiger partial charge on any atom is 0.319 e. The Balaban J connectivity index is 3.27. The number of ether oxygens (including phenoxy) is 1. The zero-order valence-electron chi connectivity index (χ0n) is 6.54. The summed E-state index contributed by atoms with van der Waals surface area (Å²) in [7, 11) is -0.863. The van der Waals surface area contributed by atoms with Crippen LogP contribution in [0.5, 0.6) is 0 Å². The van der Waals surface area contributed by atoms with Crippen molar-refractivity contribution in [2.75, 3.05) is 24.7 Å². The van der Waals surface area contributed by atoms with Crippen molar-refractivity contribution >= 4 is 16.8 Å². The smallest absolute Gasteiger partial charge is 0.319 e. The molecule has 0 aromatic rings. The van der Waals surface area contributed by atoms with E-state index in [9.17, 15) is 9.00 Å². The predicted molar refractivity (Wildman–Crippen MR) is 43.6 cm³/mol. The van der Waals surface area contributed by atoms with Gasteiger partial charge < -0.3 is 10.5 Å². The highest BCUT2D eigenvalue weighted by atomic mass is 32.2. The Morgan fingerprint density at radius 2 is 2.27 bits per heavy atom. The van der Waals surface area contributed by atoms with Crippen molar-refractivity contribution in [1.82, 2.24) is 0 Å².